The molecule has 20 heavy (non-hydrogen) atoms. The molecule has 0 bridgehead atoms. The van der Waals surface area contributed by atoms with Gasteiger partial charge < -0.3 is 10.6 Å². The summed E-state index contributed by atoms with van der Waals surface area (Å²) < 4.78 is 24.5. The van der Waals surface area contributed by atoms with E-state index in [0.717, 1.165) is 30.8 Å². The number of nitrogens with two attached hydrogens (primary N) is 1. The Kier molecular flexibility index (Phi) is 4.67. The number of sulfonamides is 1. The Labute approximate surface area is 121 Å². The van der Waals surface area contributed by atoms with Crippen LogP contribution in [-0.2, 0) is 10.0 Å². The molecule has 0 radical (unpaired) electrons. The molecule has 0 saturated carbocycles. The normalized spacial score (nSPS) is 19.1. The van der Waals surface area contributed by atoms with Crippen LogP contribution in [-0.4, -0.2) is 45.2 Å². The summed E-state index contributed by atoms with van der Waals surface area (Å²) in [6.07, 6.45) is 2.19. The first-order valence-electron chi connectivity index (χ1n) is 6.97. The molecule has 1 aliphatic rings. The number of nitrogens with zero attached hydrogens (tertiary/aromatic N) is 2. The maximum absolute atomic E-state index is 11.5. The molecular formula is C14H23N3O2S. The van der Waals surface area contributed by atoms with E-state index in [2.05, 4.69) is 36.1 Å². The van der Waals surface area contributed by atoms with E-state index >= 15 is 0 Å². The summed E-state index contributed by atoms with van der Waals surface area (Å²) in [4.78, 5) is 2.21. The lowest BCUT2D eigenvalue weighted by Gasteiger charge is -2.34. The lowest BCUT2D eigenvalue weighted by molar-refractivity contribution is 0.388. The van der Waals surface area contributed by atoms with Crippen LogP contribution in [0.15, 0.2) is 24.3 Å². The summed E-state index contributed by atoms with van der Waals surface area (Å²) in [5.41, 5.74) is 8.28. The molecule has 1 heterocycles. The third-order valence-electron chi connectivity index (χ3n) is 3.83. The lowest BCUT2D eigenvalue weighted by Crippen LogP contribution is -2.48. The van der Waals surface area contributed by atoms with Crippen molar-refractivity contribution in [2.24, 2.45) is 5.73 Å². The van der Waals surface area contributed by atoms with Crippen molar-refractivity contribution in [1.29, 1.82) is 0 Å². The number of piperazine rings is 1. The molecule has 1 fully saturated rings. The van der Waals surface area contributed by atoms with Gasteiger partial charge in [-0.2, -0.15) is 4.31 Å². The van der Waals surface area contributed by atoms with E-state index in [1.54, 1.807) is 0 Å². The fraction of sp³-hybridized carbons (Fsp3) is 0.571. The molecule has 5 nitrogen and oxygen atoms in total. The van der Waals surface area contributed by atoms with Crippen LogP contribution in [0.2, 0.25) is 0 Å². The Hall–Kier alpha value is -1.11. The SMILES string of the molecule is CCC(N)c1ccc(N2CCN(S(C)(=O)=O)CC2)cc1. The molecule has 1 unspecified atom stereocenters. The minimum absolute atomic E-state index is 0.0890. The topological polar surface area (TPSA) is 66.6 Å². The highest BCUT2D eigenvalue weighted by Crippen LogP contribution is 2.21. The van der Waals surface area contributed by atoms with Gasteiger partial charge in [-0.25, -0.2) is 8.42 Å². The molecule has 1 aromatic rings. The van der Waals surface area contributed by atoms with Gasteiger partial charge in [0, 0.05) is 37.9 Å². The van der Waals surface area contributed by atoms with E-state index in [1.165, 1.54) is 10.6 Å². The first kappa shape index (κ1) is 15.3. The molecule has 112 valence electrons. The van der Waals surface area contributed by atoms with Crippen molar-refractivity contribution in [3.63, 3.8) is 0 Å². The quantitative estimate of drug-likeness (QED) is 0.906. The van der Waals surface area contributed by atoms with Gasteiger partial charge in [-0.05, 0) is 24.1 Å². The van der Waals surface area contributed by atoms with Gasteiger partial charge in [0.15, 0.2) is 0 Å². The first-order valence-corrected chi connectivity index (χ1v) is 8.82. The second kappa shape index (κ2) is 6.11. The van der Waals surface area contributed by atoms with Crippen LogP contribution in [0.25, 0.3) is 0 Å². The number of hydrogen-bond acceptors (Lipinski definition) is 4. The highest BCUT2D eigenvalue weighted by atomic mass is 32.2. The van der Waals surface area contributed by atoms with Gasteiger partial charge in [-0.3, -0.25) is 0 Å². The minimum atomic E-state index is -3.06. The van der Waals surface area contributed by atoms with Gasteiger partial charge in [-0.1, -0.05) is 19.1 Å². The van der Waals surface area contributed by atoms with Gasteiger partial charge in [0.1, 0.15) is 0 Å². The van der Waals surface area contributed by atoms with E-state index in [-0.39, 0.29) is 6.04 Å². The predicted molar refractivity (Wildman–Crippen MR) is 82.3 cm³/mol. The van der Waals surface area contributed by atoms with E-state index < -0.39 is 10.0 Å². The summed E-state index contributed by atoms with van der Waals surface area (Å²) >= 11 is 0. The van der Waals surface area contributed by atoms with E-state index in [0.29, 0.717) is 13.1 Å². The van der Waals surface area contributed by atoms with Crippen molar-refractivity contribution in [3.05, 3.63) is 29.8 Å². The van der Waals surface area contributed by atoms with Crippen LogP contribution < -0.4 is 10.6 Å². The summed E-state index contributed by atoms with van der Waals surface area (Å²) in [5, 5.41) is 0. The van der Waals surface area contributed by atoms with Crippen LogP contribution >= 0.6 is 0 Å². The van der Waals surface area contributed by atoms with Crippen molar-refractivity contribution >= 4 is 15.7 Å². The van der Waals surface area contributed by atoms with Gasteiger partial charge in [0.05, 0.1) is 6.26 Å². The van der Waals surface area contributed by atoms with Crippen molar-refractivity contribution in [2.45, 2.75) is 19.4 Å². The molecule has 6 heteroatoms. The van der Waals surface area contributed by atoms with Crippen LogP contribution in [0.1, 0.15) is 24.9 Å². The second-order valence-electron chi connectivity index (χ2n) is 5.26. The molecule has 1 aliphatic heterocycles. The number of rotatable bonds is 4. The Morgan fingerprint density at radius 2 is 1.70 bits per heavy atom. The van der Waals surface area contributed by atoms with Crippen LogP contribution in [0.3, 0.4) is 0 Å². The maximum atomic E-state index is 11.5. The molecule has 0 amide bonds. The standard InChI is InChI=1S/C14H23N3O2S/c1-3-14(15)12-4-6-13(7-5-12)16-8-10-17(11-9-16)20(2,18)19/h4-7,14H,3,8-11,15H2,1-2H3. The molecule has 1 atom stereocenters. The van der Waals surface area contributed by atoms with Crippen molar-refractivity contribution in [2.75, 3.05) is 37.3 Å². The van der Waals surface area contributed by atoms with Gasteiger partial charge in [0.25, 0.3) is 0 Å². The number of hydrogen-bond donors (Lipinski definition) is 1. The van der Waals surface area contributed by atoms with Crippen LogP contribution in [0, 0.1) is 0 Å². The third-order valence-corrected chi connectivity index (χ3v) is 5.14. The molecule has 0 aromatic heterocycles. The van der Waals surface area contributed by atoms with Gasteiger partial charge in [-0.15, -0.1) is 0 Å². The van der Waals surface area contributed by atoms with Crippen LogP contribution in [0.5, 0.6) is 0 Å². The van der Waals surface area contributed by atoms with Gasteiger partial charge >= 0.3 is 0 Å². The van der Waals surface area contributed by atoms with Crippen molar-refractivity contribution < 1.29 is 8.42 Å². The molecule has 2 N–H and O–H groups in total. The van der Waals surface area contributed by atoms with Crippen LogP contribution in [0.4, 0.5) is 5.69 Å². The molecule has 0 aliphatic carbocycles. The van der Waals surface area contributed by atoms with Gasteiger partial charge in [0.2, 0.25) is 10.0 Å². The average molecular weight is 297 g/mol. The summed E-state index contributed by atoms with van der Waals surface area (Å²) in [7, 11) is -3.06. The summed E-state index contributed by atoms with van der Waals surface area (Å²) in [6, 6.07) is 8.35. The molecule has 1 saturated heterocycles. The second-order valence-corrected chi connectivity index (χ2v) is 7.24. The smallest absolute Gasteiger partial charge is 0.211 e. The monoisotopic (exact) mass is 297 g/mol. The summed E-state index contributed by atoms with van der Waals surface area (Å²) in [6.45, 7) is 4.63. The molecule has 2 rings (SSSR count). The molecular weight excluding hydrogens is 274 g/mol. The zero-order valence-corrected chi connectivity index (χ0v) is 12.9. The Balaban J connectivity index is 2.00. The third kappa shape index (κ3) is 3.50. The Bertz CT molecular complexity index is 534. The van der Waals surface area contributed by atoms with Crippen molar-refractivity contribution in [1.82, 2.24) is 4.31 Å². The fourth-order valence-corrected chi connectivity index (χ4v) is 3.27. The zero-order chi connectivity index (χ0) is 14.8. The number of anilines is 1. The number of benzene rings is 1. The van der Waals surface area contributed by atoms with Crippen molar-refractivity contribution in [3.8, 4) is 0 Å². The largest absolute Gasteiger partial charge is 0.369 e. The average Bonchev–Trinajstić information content (AvgIpc) is 2.46. The van der Waals surface area contributed by atoms with E-state index in [9.17, 15) is 8.42 Å². The van der Waals surface area contributed by atoms with E-state index in [1.807, 2.05) is 0 Å². The minimum Gasteiger partial charge on any atom is -0.369 e. The van der Waals surface area contributed by atoms with E-state index in [4.69, 9.17) is 5.73 Å². The summed E-state index contributed by atoms with van der Waals surface area (Å²) in [5.74, 6) is 0. The molecule has 1 aromatic carbocycles. The lowest BCUT2D eigenvalue weighted by atomic mass is 10.0. The Morgan fingerprint density at radius 3 is 2.15 bits per heavy atom. The highest BCUT2D eigenvalue weighted by Gasteiger charge is 2.23. The Morgan fingerprint density at radius 1 is 1.15 bits per heavy atom. The predicted octanol–water partition coefficient (Wildman–Crippen LogP) is 1.18. The fourth-order valence-electron chi connectivity index (χ4n) is 2.45. The highest BCUT2D eigenvalue weighted by molar-refractivity contribution is 7.88. The zero-order valence-electron chi connectivity index (χ0n) is 12.1. The molecule has 0 spiro atoms. The maximum Gasteiger partial charge on any atom is 0.211 e. The first-order chi connectivity index (χ1) is 9.41.